The fraction of sp³-hybridized carbons (Fsp3) is 0.188. The van der Waals surface area contributed by atoms with Crippen molar-refractivity contribution in [2.24, 2.45) is 0 Å². The Bertz CT molecular complexity index is 645. The van der Waals surface area contributed by atoms with Gasteiger partial charge in [0.1, 0.15) is 0 Å². The maximum atomic E-state index is 9.65. The first-order chi connectivity index (χ1) is 9.35. The van der Waals surface area contributed by atoms with Gasteiger partial charge in [0.15, 0.2) is 6.19 Å². The van der Waals surface area contributed by atoms with E-state index in [9.17, 15) is 10.4 Å². The summed E-state index contributed by atoms with van der Waals surface area (Å²) in [4.78, 5) is 1.65. The molecule has 2 aromatic rings. The molecule has 3 nitrogen and oxygen atoms in total. The quantitative estimate of drug-likeness (QED) is 0.791. The van der Waals surface area contributed by atoms with Crippen molar-refractivity contribution in [3.63, 3.8) is 0 Å². The van der Waals surface area contributed by atoms with Crippen molar-refractivity contribution < 1.29 is 5.11 Å². The molecule has 94 valence electrons. The Labute approximate surface area is 112 Å². The molecular formula is C16H14N2O. The normalized spacial score (nSPS) is 17.1. The summed E-state index contributed by atoms with van der Waals surface area (Å²) in [5.74, 6) is 0.0377. The molecule has 1 N–H and O–H groups in total. The molecule has 0 fully saturated rings. The van der Waals surface area contributed by atoms with Crippen LogP contribution in [0.2, 0.25) is 0 Å². The lowest BCUT2D eigenvalue weighted by atomic mass is 9.93. The lowest BCUT2D eigenvalue weighted by Gasteiger charge is -2.18. The van der Waals surface area contributed by atoms with Crippen molar-refractivity contribution >= 4 is 11.4 Å². The average molecular weight is 250 g/mol. The first-order valence-electron chi connectivity index (χ1n) is 6.32. The van der Waals surface area contributed by atoms with Crippen molar-refractivity contribution in [1.82, 2.24) is 0 Å². The second-order valence-electron chi connectivity index (χ2n) is 4.71. The summed E-state index contributed by atoms with van der Waals surface area (Å²) in [5, 5.41) is 19.1. The predicted octanol–water partition coefficient (Wildman–Crippen LogP) is 2.94. The predicted molar refractivity (Wildman–Crippen MR) is 74.2 cm³/mol. The molecule has 1 aliphatic heterocycles. The first-order valence-corrected chi connectivity index (χ1v) is 6.32. The van der Waals surface area contributed by atoms with Gasteiger partial charge in [-0.1, -0.05) is 36.4 Å². The Morgan fingerprint density at radius 3 is 2.53 bits per heavy atom. The number of hydrogen-bond donors (Lipinski definition) is 1. The molecule has 0 amide bonds. The Morgan fingerprint density at radius 1 is 1.11 bits per heavy atom. The SMILES string of the molecule is N#CN1c2ccccc2CC(CO)c2ccccc21. The number of anilines is 2. The standard InChI is InChI=1S/C16H14N2O/c17-11-18-15-7-3-1-5-12(15)9-13(10-19)14-6-2-4-8-16(14)18/h1-8,13,19H,9-10H2. The monoisotopic (exact) mass is 250 g/mol. The van der Waals surface area contributed by atoms with E-state index in [0.29, 0.717) is 0 Å². The van der Waals surface area contributed by atoms with Crippen LogP contribution in [0.25, 0.3) is 0 Å². The average Bonchev–Trinajstić information content (AvgIpc) is 2.61. The lowest BCUT2D eigenvalue weighted by molar-refractivity contribution is 0.265. The van der Waals surface area contributed by atoms with Crippen LogP contribution in [-0.2, 0) is 6.42 Å². The Balaban J connectivity index is 2.26. The van der Waals surface area contributed by atoms with Crippen molar-refractivity contribution in [3.05, 3.63) is 59.7 Å². The Morgan fingerprint density at radius 2 is 1.79 bits per heavy atom. The van der Waals surface area contributed by atoms with E-state index < -0.39 is 0 Å². The summed E-state index contributed by atoms with van der Waals surface area (Å²) in [6.45, 7) is 0.0879. The number of hydrogen-bond acceptors (Lipinski definition) is 3. The minimum Gasteiger partial charge on any atom is -0.396 e. The summed E-state index contributed by atoms with van der Waals surface area (Å²) in [5.41, 5.74) is 3.91. The van der Waals surface area contributed by atoms with Crippen molar-refractivity contribution in [3.8, 4) is 6.19 Å². The summed E-state index contributed by atoms with van der Waals surface area (Å²) in [6.07, 6.45) is 3.00. The van der Waals surface area contributed by atoms with E-state index >= 15 is 0 Å². The zero-order valence-corrected chi connectivity index (χ0v) is 10.5. The summed E-state index contributed by atoms with van der Waals surface area (Å²) in [6, 6.07) is 15.7. The van der Waals surface area contributed by atoms with Crippen LogP contribution >= 0.6 is 0 Å². The summed E-state index contributed by atoms with van der Waals surface area (Å²) >= 11 is 0. The largest absolute Gasteiger partial charge is 0.396 e. The molecule has 1 aliphatic rings. The molecule has 19 heavy (non-hydrogen) atoms. The van der Waals surface area contributed by atoms with Gasteiger partial charge in [0.05, 0.1) is 18.0 Å². The second kappa shape index (κ2) is 4.75. The van der Waals surface area contributed by atoms with E-state index in [-0.39, 0.29) is 12.5 Å². The van der Waals surface area contributed by atoms with E-state index in [1.165, 1.54) is 0 Å². The van der Waals surface area contributed by atoms with Crippen LogP contribution in [0, 0.1) is 11.5 Å². The molecule has 0 saturated carbocycles. The Hall–Kier alpha value is -2.31. The minimum atomic E-state index is 0.0377. The van der Waals surface area contributed by atoms with Crippen LogP contribution in [0.4, 0.5) is 11.4 Å². The zero-order chi connectivity index (χ0) is 13.2. The van der Waals surface area contributed by atoms with Gasteiger partial charge >= 0.3 is 0 Å². The fourth-order valence-electron chi connectivity index (χ4n) is 2.71. The number of nitrogens with zero attached hydrogens (tertiary/aromatic N) is 2. The molecule has 2 aromatic carbocycles. The van der Waals surface area contributed by atoms with Crippen molar-refractivity contribution in [1.29, 1.82) is 5.26 Å². The highest BCUT2D eigenvalue weighted by Crippen LogP contribution is 2.40. The van der Waals surface area contributed by atoms with Crippen LogP contribution in [0.5, 0.6) is 0 Å². The van der Waals surface area contributed by atoms with Gasteiger partial charge in [-0.25, -0.2) is 4.90 Å². The van der Waals surface area contributed by atoms with Crippen molar-refractivity contribution in [2.75, 3.05) is 11.5 Å². The van der Waals surface area contributed by atoms with Gasteiger partial charge in [0.2, 0.25) is 0 Å². The molecule has 3 rings (SSSR count). The highest BCUT2D eigenvalue weighted by Gasteiger charge is 2.25. The number of aliphatic hydroxyl groups is 1. The number of fused-ring (bicyclic) bond motifs is 2. The molecule has 3 heteroatoms. The zero-order valence-electron chi connectivity index (χ0n) is 10.5. The van der Waals surface area contributed by atoms with Gasteiger partial charge in [-0.2, -0.15) is 5.26 Å². The van der Waals surface area contributed by atoms with Crippen LogP contribution in [0.1, 0.15) is 17.0 Å². The van der Waals surface area contributed by atoms with Gasteiger partial charge in [-0.15, -0.1) is 0 Å². The fourth-order valence-corrected chi connectivity index (χ4v) is 2.71. The second-order valence-corrected chi connectivity index (χ2v) is 4.71. The van der Waals surface area contributed by atoms with Gasteiger partial charge in [0, 0.05) is 5.92 Å². The highest BCUT2D eigenvalue weighted by atomic mass is 16.3. The third-order valence-corrected chi connectivity index (χ3v) is 3.64. The maximum absolute atomic E-state index is 9.65. The van der Waals surface area contributed by atoms with Gasteiger partial charge < -0.3 is 5.11 Å². The topological polar surface area (TPSA) is 47.3 Å². The molecule has 0 aliphatic carbocycles. The van der Waals surface area contributed by atoms with Gasteiger partial charge in [0.25, 0.3) is 0 Å². The van der Waals surface area contributed by atoms with E-state index in [4.69, 9.17) is 0 Å². The third kappa shape index (κ3) is 1.87. The highest BCUT2D eigenvalue weighted by molar-refractivity contribution is 5.74. The molecule has 1 unspecified atom stereocenters. The number of nitriles is 1. The molecule has 0 radical (unpaired) electrons. The minimum absolute atomic E-state index is 0.0377. The molecule has 1 heterocycles. The van der Waals surface area contributed by atoms with E-state index in [1.807, 2.05) is 48.5 Å². The molecule has 0 spiro atoms. The number of benzene rings is 2. The van der Waals surface area contributed by atoms with Crippen LogP contribution in [0.3, 0.4) is 0 Å². The smallest absolute Gasteiger partial charge is 0.189 e. The molecule has 1 atom stereocenters. The van der Waals surface area contributed by atoms with E-state index in [2.05, 4.69) is 6.19 Å². The lowest BCUT2D eigenvalue weighted by Crippen LogP contribution is -2.11. The summed E-state index contributed by atoms with van der Waals surface area (Å²) in [7, 11) is 0. The van der Waals surface area contributed by atoms with Gasteiger partial charge in [-0.3, -0.25) is 0 Å². The number of para-hydroxylation sites is 2. The third-order valence-electron chi connectivity index (χ3n) is 3.64. The maximum Gasteiger partial charge on any atom is 0.189 e. The molecule has 0 aromatic heterocycles. The Kier molecular flexibility index (Phi) is 2.94. The van der Waals surface area contributed by atoms with Crippen LogP contribution in [-0.4, -0.2) is 11.7 Å². The van der Waals surface area contributed by atoms with E-state index in [1.54, 1.807) is 4.90 Å². The van der Waals surface area contributed by atoms with Crippen molar-refractivity contribution in [2.45, 2.75) is 12.3 Å². The van der Waals surface area contributed by atoms with Gasteiger partial charge in [-0.05, 0) is 29.7 Å². The van der Waals surface area contributed by atoms with Crippen LogP contribution < -0.4 is 4.90 Å². The first kappa shape index (κ1) is 11.8. The van der Waals surface area contributed by atoms with E-state index in [0.717, 1.165) is 28.9 Å². The van der Waals surface area contributed by atoms with Crippen LogP contribution in [0.15, 0.2) is 48.5 Å². The number of rotatable bonds is 1. The molecule has 0 bridgehead atoms. The summed E-state index contributed by atoms with van der Waals surface area (Å²) < 4.78 is 0. The molecule has 0 saturated heterocycles. The number of aliphatic hydroxyl groups excluding tert-OH is 1. The molecular weight excluding hydrogens is 236 g/mol.